The van der Waals surface area contributed by atoms with Crippen LogP contribution in [0.3, 0.4) is 0 Å². The number of aromatic hydroxyl groups is 1. The third kappa shape index (κ3) is 3.09. The molecule has 11 heteroatoms. The van der Waals surface area contributed by atoms with Gasteiger partial charge in [-0.25, -0.2) is 0 Å². The Labute approximate surface area is 143 Å². The lowest BCUT2D eigenvalue weighted by atomic mass is 10.1. The predicted molar refractivity (Wildman–Crippen MR) is 85.7 cm³/mol. The van der Waals surface area contributed by atoms with E-state index >= 15 is 0 Å². The van der Waals surface area contributed by atoms with Crippen molar-refractivity contribution in [3.05, 3.63) is 29.3 Å². The van der Waals surface area contributed by atoms with Gasteiger partial charge in [0.15, 0.2) is 17.3 Å². The molecule has 0 radical (unpaired) electrons. The minimum absolute atomic E-state index is 0.120. The topological polar surface area (TPSA) is 98.3 Å². The number of phenolic OH excluding ortho intramolecular Hbond substituents is 1. The lowest BCUT2D eigenvalue weighted by Crippen LogP contribution is -2.35. The second kappa shape index (κ2) is 5.92. The number of rotatable bonds is 2. The van der Waals surface area contributed by atoms with Crippen molar-refractivity contribution in [1.82, 2.24) is 5.01 Å². The van der Waals surface area contributed by atoms with Crippen LogP contribution in [-0.2, 0) is 4.79 Å². The van der Waals surface area contributed by atoms with E-state index in [4.69, 9.17) is 10.1 Å². The summed E-state index contributed by atoms with van der Waals surface area (Å²) < 4.78 is 43.2. The second-order valence-corrected chi connectivity index (χ2v) is 5.81. The quantitative estimate of drug-likeness (QED) is 0.780. The number of amides is 1. The third-order valence-electron chi connectivity index (χ3n) is 3.21. The van der Waals surface area contributed by atoms with Crippen LogP contribution in [0.5, 0.6) is 11.5 Å². The van der Waals surface area contributed by atoms with E-state index in [-0.39, 0.29) is 34.0 Å². The highest BCUT2D eigenvalue weighted by atomic mass is 32.2. The number of hydrazone groups is 1. The average molecular weight is 370 g/mol. The largest absolute Gasteiger partial charge is 0.504 e. The number of ether oxygens (including phenoxy) is 1. The lowest BCUT2D eigenvalue weighted by Gasteiger charge is -2.20. The first-order chi connectivity index (χ1) is 11.7. The van der Waals surface area contributed by atoms with Crippen molar-refractivity contribution < 1.29 is 27.8 Å². The van der Waals surface area contributed by atoms with E-state index in [2.05, 4.69) is 10.1 Å². The first-order valence-corrected chi connectivity index (χ1v) is 7.47. The smallest absolute Gasteiger partial charge is 0.441 e. The maximum Gasteiger partial charge on any atom is 0.441 e. The maximum absolute atomic E-state index is 12.7. The molecule has 0 fully saturated rings. The van der Waals surface area contributed by atoms with Gasteiger partial charge in [0.1, 0.15) is 0 Å². The number of hydrogen-bond donors (Lipinski definition) is 2. The normalized spacial score (nSPS) is 19.0. The van der Waals surface area contributed by atoms with Crippen LogP contribution < -0.4 is 4.74 Å². The zero-order valence-electron chi connectivity index (χ0n) is 12.5. The monoisotopic (exact) mass is 370 g/mol. The molecule has 0 aromatic heterocycles. The Morgan fingerprint density at radius 1 is 1.40 bits per heavy atom. The van der Waals surface area contributed by atoms with Gasteiger partial charge in [0.05, 0.1) is 12.7 Å². The van der Waals surface area contributed by atoms with Crippen molar-refractivity contribution in [1.29, 1.82) is 5.41 Å². The molecular weight excluding hydrogens is 361 g/mol. The minimum atomic E-state index is -4.69. The fourth-order valence-electron chi connectivity index (χ4n) is 2.06. The number of alkyl halides is 3. The summed E-state index contributed by atoms with van der Waals surface area (Å²) in [7, 11) is 1.34. The summed E-state index contributed by atoms with van der Waals surface area (Å²) in [5.74, 6) is -1.35. The SMILES string of the molecule is COc1cc(/C=C2\C(=N)N3N=C(C(F)(F)F)SC3=NC2=O)ccc1O. The zero-order valence-corrected chi connectivity index (χ0v) is 13.3. The van der Waals surface area contributed by atoms with Crippen molar-refractivity contribution >= 4 is 39.8 Å². The van der Waals surface area contributed by atoms with E-state index in [1.165, 1.54) is 31.4 Å². The number of thioether (sulfide) groups is 1. The third-order valence-corrected chi connectivity index (χ3v) is 4.17. The van der Waals surface area contributed by atoms with Crippen LogP contribution in [0.2, 0.25) is 0 Å². The number of benzene rings is 1. The summed E-state index contributed by atoms with van der Waals surface area (Å²) in [6, 6.07) is 4.18. The standard InChI is InChI=1S/C14H9F3N4O3S/c1-24-9-5-6(2-3-8(9)22)4-7-10(18)21-13(19-11(7)23)25-12(20-21)14(15,16)17/h2-5,18,22H,1H3/b7-4+,18-10?. The molecule has 0 aliphatic carbocycles. The highest BCUT2D eigenvalue weighted by Crippen LogP contribution is 2.35. The Hall–Kier alpha value is -2.82. The summed E-state index contributed by atoms with van der Waals surface area (Å²) in [5, 5.41) is 20.0. The fraction of sp³-hybridized carbons (Fsp3) is 0.143. The summed E-state index contributed by atoms with van der Waals surface area (Å²) in [4.78, 5) is 15.6. The number of halogens is 3. The molecular formula is C14H9F3N4O3S. The van der Waals surface area contributed by atoms with E-state index in [0.29, 0.717) is 10.6 Å². The molecule has 2 heterocycles. The van der Waals surface area contributed by atoms with Gasteiger partial charge >= 0.3 is 6.18 Å². The van der Waals surface area contributed by atoms with Gasteiger partial charge in [0, 0.05) is 0 Å². The number of aliphatic imine (C=N–C) groups is 1. The Balaban J connectivity index is 1.99. The molecule has 7 nitrogen and oxygen atoms in total. The van der Waals surface area contributed by atoms with Gasteiger partial charge in [-0.3, -0.25) is 10.2 Å². The molecule has 0 saturated carbocycles. The molecule has 0 unspecified atom stereocenters. The molecule has 2 aliphatic heterocycles. The van der Waals surface area contributed by atoms with Crippen molar-refractivity contribution in [2.45, 2.75) is 6.18 Å². The van der Waals surface area contributed by atoms with E-state index in [9.17, 15) is 23.1 Å². The Morgan fingerprint density at radius 3 is 2.76 bits per heavy atom. The van der Waals surface area contributed by atoms with Gasteiger partial charge in [-0.1, -0.05) is 6.07 Å². The molecule has 0 atom stereocenters. The molecule has 25 heavy (non-hydrogen) atoms. The zero-order chi connectivity index (χ0) is 18.4. The Kier molecular flexibility index (Phi) is 4.03. The van der Waals surface area contributed by atoms with Gasteiger partial charge in [-0.05, 0) is 35.5 Å². The van der Waals surface area contributed by atoms with Gasteiger partial charge < -0.3 is 9.84 Å². The van der Waals surface area contributed by atoms with Crippen LogP contribution in [0.1, 0.15) is 5.56 Å². The summed E-state index contributed by atoms with van der Waals surface area (Å²) in [6.45, 7) is 0. The molecule has 1 aromatic rings. The van der Waals surface area contributed by atoms with Gasteiger partial charge in [0.2, 0.25) is 10.2 Å². The molecule has 0 bridgehead atoms. The number of carbonyl (C=O) groups is 1. The van der Waals surface area contributed by atoms with Gasteiger partial charge in [-0.2, -0.15) is 28.3 Å². The fourth-order valence-corrected chi connectivity index (χ4v) is 2.82. The summed E-state index contributed by atoms with van der Waals surface area (Å²) in [5.41, 5.74) is 0.164. The van der Waals surface area contributed by atoms with Gasteiger partial charge in [-0.15, -0.1) is 0 Å². The van der Waals surface area contributed by atoms with E-state index < -0.39 is 23.0 Å². The van der Waals surface area contributed by atoms with Crippen LogP contribution in [-0.4, -0.2) is 45.4 Å². The molecule has 1 amide bonds. The minimum Gasteiger partial charge on any atom is -0.504 e. The molecule has 0 saturated heterocycles. The Bertz CT molecular complexity index is 877. The van der Waals surface area contributed by atoms with Crippen LogP contribution >= 0.6 is 11.8 Å². The Morgan fingerprint density at radius 2 is 2.12 bits per heavy atom. The highest BCUT2D eigenvalue weighted by Gasteiger charge is 2.46. The molecule has 1 aromatic carbocycles. The number of methoxy groups -OCH3 is 1. The molecule has 2 N–H and O–H groups in total. The predicted octanol–water partition coefficient (Wildman–Crippen LogP) is 2.58. The number of nitrogens with zero attached hydrogens (tertiary/aromatic N) is 3. The summed E-state index contributed by atoms with van der Waals surface area (Å²) >= 11 is 0.184. The van der Waals surface area contributed by atoms with E-state index in [0.717, 1.165) is 0 Å². The number of carbonyl (C=O) groups excluding carboxylic acids is 1. The molecule has 2 aliphatic rings. The van der Waals surface area contributed by atoms with Crippen LogP contribution in [0.25, 0.3) is 6.08 Å². The average Bonchev–Trinajstić information content (AvgIpc) is 2.97. The molecule has 0 spiro atoms. The van der Waals surface area contributed by atoms with Crippen molar-refractivity contribution in [2.75, 3.05) is 7.11 Å². The van der Waals surface area contributed by atoms with Crippen LogP contribution in [0.4, 0.5) is 13.2 Å². The number of amidine groups is 2. The van der Waals surface area contributed by atoms with E-state index in [1.807, 2.05) is 0 Å². The molecule has 130 valence electrons. The number of phenols is 1. The number of hydrogen-bond acceptors (Lipinski definition) is 6. The maximum atomic E-state index is 12.7. The first-order valence-electron chi connectivity index (χ1n) is 6.65. The van der Waals surface area contributed by atoms with E-state index in [1.54, 1.807) is 0 Å². The molecule has 3 rings (SSSR count). The number of fused-ring (bicyclic) bond motifs is 1. The van der Waals surface area contributed by atoms with Crippen molar-refractivity contribution in [2.24, 2.45) is 10.1 Å². The number of nitrogens with one attached hydrogen (secondary N) is 1. The van der Waals surface area contributed by atoms with Gasteiger partial charge in [0.25, 0.3) is 5.91 Å². The van der Waals surface area contributed by atoms with Crippen LogP contribution in [0, 0.1) is 5.41 Å². The summed E-state index contributed by atoms with van der Waals surface area (Å²) in [6.07, 6.45) is -3.43. The van der Waals surface area contributed by atoms with Crippen LogP contribution in [0.15, 0.2) is 33.9 Å². The lowest BCUT2D eigenvalue weighted by molar-refractivity contribution is -0.114. The highest BCUT2D eigenvalue weighted by molar-refractivity contribution is 8.27. The van der Waals surface area contributed by atoms with Crippen molar-refractivity contribution in [3.63, 3.8) is 0 Å². The first kappa shape index (κ1) is 17.0. The van der Waals surface area contributed by atoms with Crippen molar-refractivity contribution in [3.8, 4) is 11.5 Å². The second-order valence-electron chi connectivity index (χ2n) is 4.85.